The van der Waals surface area contributed by atoms with Crippen molar-refractivity contribution < 1.29 is 18.6 Å². The summed E-state index contributed by atoms with van der Waals surface area (Å²) < 4.78 is 32.1. The summed E-state index contributed by atoms with van der Waals surface area (Å²) in [5.74, 6) is -1.24. The molecule has 0 radical (unpaired) electrons. The van der Waals surface area contributed by atoms with Gasteiger partial charge in [-0.05, 0) is 23.8 Å². The maximum Gasteiger partial charge on any atom is 0.165 e. The summed E-state index contributed by atoms with van der Waals surface area (Å²) in [4.78, 5) is 0. The molecule has 102 valence electrons. The van der Waals surface area contributed by atoms with Crippen LogP contribution in [0.15, 0.2) is 36.4 Å². The predicted molar refractivity (Wildman–Crippen MR) is 67.8 cm³/mol. The van der Waals surface area contributed by atoms with Crippen LogP contribution in [0.4, 0.5) is 8.78 Å². The molecule has 0 aromatic heterocycles. The second-order valence-corrected chi connectivity index (χ2v) is 4.10. The van der Waals surface area contributed by atoms with Crippen molar-refractivity contribution in [3.8, 4) is 11.8 Å². The second-order valence-electron chi connectivity index (χ2n) is 4.10. The summed E-state index contributed by atoms with van der Waals surface area (Å²) in [7, 11) is 0. The van der Waals surface area contributed by atoms with Crippen LogP contribution in [0.2, 0.25) is 0 Å². The third-order valence-corrected chi connectivity index (χ3v) is 2.75. The average Bonchev–Trinajstić information content (AvgIpc) is 2.47. The van der Waals surface area contributed by atoms with Crippen molar-refractivity contribution in [3.05, 3.63) is 64.7 Å². The quantitative estimate of drug-likeness (QED) is 0.933. The molecule has 0 saturated heterocycles. The Kier molecular flexibility index (Phi) is 4.28. The number of hydrogen-bond acceptors (Lipinski definition) is 3. The van der Waals surface area contributed by atoms with Crippen molar-refractivity contribution >= 4 is 0 Å². The van der Waals surface area contributed by atoms with Crippen molar-refractivity contribution in [3.63, 3.8) is 0 Å². The number of aliphatic hydroxyl groups excluding tert-OH is 1. The van der Waals surface area contributed by atoms with Crippen molar-refractivity contribution in [2.24, 2.45) is 0 Å². The van der Waals surface area contributed by atoms with Gasteiger partial charge in [0.25, 0.3) is 0 Å². The molecule has 0 atom stereocenters. The fraction of sp³-hybridized carbons (Fsp3) is 0.133. The van der Waals surface area contributed by atoms with Crippen LogP contribution >= 0.6 is 0 Å². The highest BCUT2D eigenvalue weighted by molar-refractivity contribution is 5.36. The van der Waals surface area contributed by atoms with Crippen LogP contribution in [-0.2, 0) is 13.2 Å². The molecule has 0 bridgehead atoms. The molecule has 0 aliphatic heterocycles. The van der Waals surface area contributed by atoms with E-state index in [0.29, 0.717) is 11.1 Å². The largest absolute Gasteiger partial charge is 0.485 e. The van der Waals surface area contributed by atoms with Gasteiger partial charge in [-0.1, -0.05) is 18.2 Å². The van der Waals surface area contributed by atoms with Gasteiger partial charge >= 0.3 is 0 Å². The van der Waals surface area contributed by atoms with Crippen LogP contribution in [0.1, 0.15) is 16.7 Å². The van der Waals surface area contributed by atoms with Crippen LogP contribution in [0.25, 0.3) is 0 Å². The van der Waals surface area contributed by atoms with Gasteiger partial charge in [0.1, 0.15) is 18.5 Å². The van der Waals surface area contributed by atoms with E-state index < -0.39 is 11.6 Å². The summed E-state index contributed by atoms with van der Waals surface area (Å²) in [6.07, 6.45) is 0. The summed E-state index contributed by atoms with van der Waals surface area (Å²) >= 11 is 0. The minimum absolute atomic E-state index is 0.0249. The van der Waals surface area contributed by atoms with E-state index in [-0.39, 0.29) is 24.5 Å². The molecule has 0 spiro atoms. The Labute approximate surface area is 114 Å². The number of hydrogen-bond donors (Lipinski definition) is 1. The first-order valence-corrected chi connectivity index (χ1v) is 5.85. The highest BCUT2D eigenvalue weighted by Gasteiger charge is 2.10. The molecule has 2 rings (SSSR count). The van der Waals surface area contributed by atoms with Crippen LogP contribution < -0.4 is 4.74 Å². The van der Waals surface area contributed by atoms with Gasteiger partial charge in [-0.25, -0.2) is 8.78 Å². The van der Waals surface area contributed by atoms with Crippen LogP contribution in [-0.4, -0.2) is 5.11 Å². The zero-order chi connectivity index (χ0) is 14.5. The third kappa shape index (κ3) is 2.92. The summed E-state index contributed by atoms with van der Waals surface area (Å²) in [6, 6.07) is 9.92. The molecule has 2 aromatic carbocycles. The molecule has 0 aliphatic rings. The normalized spacial score (nSPS) is 10.1. The first-order valence-electron chi connectivity index (χ1n) is 5.85. The molecule has 0 fully saturated rings. The fourth-order valence-electron chi connectivity index (χ4n) is 1.74. The first kappa shape index (κ1) is 14.0. The monoisotopic (exact) mass is 275 g/mol. The van der Waals surface area contributed by atoms with E-state index in [2.05, 4.69) is 0 Å². The molecular formula is C15H11F2NO2. The molecule has 0 aliphatic carbocycles. The molecule has 0 amide bonds. The SMILES string of the molecule is N#Cc1cc(COc2c(F)cccc2CO)ccc1F. The van der Waals surface area contributed by atoms with Crippen LogP contribution in [0.3, 0.4) is 0 Å². The number of nitrogens with zero attached hydrogens (tertiary/aromatic N) is 1. The standard InChI is InChI=1S/C15H11F2NO2/c16-13-5-4-10(6-12(13)7-18)9-20-15-11(8-19)2-1-3-14(15)17/h1-6,19H,8-9H2. The molecule has 5 heteroatoms. The fourth-order valence-corrected chi connectivity index (χ4v) is 1.74. The minimum Gasteiger partial charge on any atom is -0.485 e. The Bertz CT molecular complexity index is 665. The molecule has 0 heterocycles. The number of benzene rings is 2. The van der Waals surface area contributed by atoms with Gasteiger partial charge in [-0.2, -0.15) is 5.26 Å². The highest BCUT2D eigenvalue weighted by atomic mass is 19.1. The van der Waals surface area contributed by atoms with Gasteiger partial charge in [0.15, 0.2) is 11.6 Å². The lowest BCUT2D eigenvalue weighted by Crippen LogP contribution is -2.02. The zero-order valence-corrected chi connectivity index (χ0v) is 10.4. The average molecular weight is 275 g/mol. The van der Waals surface area contributed by atoms with Crippen LogP contribution in [0.5, 0.6) is 5.75 Å². The molecule has 0 unspecified atom stereocenters. The van der Waals surface area contributed by atoms with E-state index >= 15 is 0 Å². The Balaban J connectivity index is 2.19. The van der Waals surface area contributed by atoms with Crippen molar-refractivity contribution in [2.45, 2.75) is 13.2 Å². The Morgan fingerprint density at radius 3 is 2.65 bits per heavy atom. The molecule has 1 N–H and O–H groups in total. The van der Waals surface area contributed by atoms with E-state index in [0.717, 1.165) is 6.07 Å². The molecular weight excluding hydrogens is 264 g/mol. The number of para-hydroxylation sites is 1. The Morgan fingerprint density at radius 1 is 1.15 bits per heavy atom. The van der Waals surface area contributed by atoms with Gasteiger partial charge in [-0.3, -0.25) is 0 Å². The van der Waals surface area contributed by atoms with Gasteiger partial charge in [0.2, 0.25) is 0 Å². The summed E-state index contributed by atoms with van der Waals surface area (Å²) in [5.41, 5.74) is 0.768. The smallest absolute Gasteiger partial charge is 0.165 e. The molecule has 3 nitrogen and oxygen atoms in total. The number of ether oxygens (including phenoxy) is 1. The minimum atomic E-state index is -0.613. The lowest BCUT2D eigenvalue weighted by Gasteiger charge is -2.11. The van der Waals surface area contributed by atoms with E-state index in [1.807, 2.05) is 0 Å². The van der Waals surface area contributed by atoms with Crippen molar-refractivity contribution in [1.29, 1.82) is 5.26 Å². The number of aliphatic hydroxyl groups is 1. The predicted octanol–water partition coefficient (Wildman–Crippen LogP) is 2.91. The highest BCUT2D eigenvalue weighted by Crippen LogP contribution is 2.24. The van der Waals surface area contributed by atoms with Gasteiger partial charge in [0.05, 0.1) is 12.2 Å². The number of halogens is 2. The number of rotatable bonds is 4. The van der Waals surface area contributed by atoms with E-state index in [1.54, 1.807) is 12.1 Å². The van der Waals surface area contributed by atoms with Gasteiger partial charge in [-0.15, -0.1) is 0 Å². The molecule has 2 aromatic rings. The maximum absolute atomic E-state index is 13.6. The zero-order valence-electron chi connectivity index (χ0n) is 10.4. The molecule has 20 heavy (non-hydrogen) atoms. The topological polar surface area (TPSA) is 53.2 Å². The van der Waals surface area contributed by atoms with Crippen molar-refractivity contribution in [1.82, 2.24) is 0 Å². The van der Waals surface area contributed by atoms with Crippen molar-refractivity contribution in [2.75, 3.05) is 0 Å². The first-order chi connectivity index (χ1) is 9.65. The van der Waals surface area contributed by atoms with E-state index in [1.165, 1.54) is 24.3 Å². The maximum atomic E-state index is 13.6. The van der Waals surface area contributed by atoms with E-state index in [4.69, 9.17) is 15.1 Å². The van der Waals surface area contributed by atoms with Crippen LogP contribution in [0, 0.1) is 23.0 Å². The second kappa shape index (κ2) is 6.13. The Hall–Kier alpha value is -2.45. The lowest BCUT2D eigenvalue weighted by molar-refractivity contribution is 0.251. The van der Waals surface area contributed by atoms with Gasteiger partial charge < -0.3 is 9.84 Å². The summed E-state index contributed by atoms with van der Waals surface area (Å²) in [5, 5.41) is 17.8. The lowest BCUT2D eigenvalue weighted by atomic mass is 10.1. The Morgan fingerprint density at radius 2 is 1.95 bits per heavy atom. The molecule has 0 saturated carbocycles. The summed E-state index contributed by atoms with van der Waals surface area (Å²) in [6.45, 7) is -0.372. The van der Waals surface area contributed by atoms with Gasteiger partial charge in [0, 0.05) is 5.56 Å². The number of nitriles is 1. The third-order valence-electron chi connectivity index (χ3n) is 2.75. The van der Waals surface area contributed by atoms with E-state index in [9.17, 15) is 8.78 Å².